The highest BCUT2D eigenvalue weighted by Gasteiger charge is 2.21. The summed E-state index contributed by atoms with van der Waals surface area (Å²) in [6, 6.07) is 3.46. The van der Waals surface area contributed by atoms with Crippen molar-refractivity contribution in [2.45, 2.75) is 6.54 Å². The van der Waals surface area contributed by atoms with Gasteiger partial charge in [-0.3, -0.25) is 10.6 Å². The Bertz CT molecular complexity index is 925. The Labute approximate surface area is 170 Å². The Morgan fingerprint density at radius 2 is 2.17 bits per heavy atom. The number of guanidine groups is 1. The van der Waals surface area contributed by atoms with Crippen molar-refractivity contribution in [2.75, 3.05) is 32.2 Å². The van der Waals surface area contributed by atoms with E-state index >= 15 is 0 Å². The van der Waals surface area contributed by atoms with Crippen molar-refractivity contribution < 1.29 is 14.2 Å². The molecule has 0 saturated carbocycles. The molecule has 1 aromatic heterocycles. The minimum absolute atomic E-state index is 0.00864. The lowest BCUT2D eigenvalue weighted by molar-refractivity contribution is 0.297. The van der Waals surface area contributed by atoms with E-state index in [1.807, 2.05) is 19.0 Å². The maximum absolute atomic E-state index is 13.3. The molecule has 0 aliphatic carbocycles. The third kappa shape index (κ3) is 6.11. The van der Waals surface area contributed by atoms with Gasteiger partial charge in [-0.15, -0.1) is 4.99 Å². The van der Waals surface area contributed by atoms with E-state index in [0.717, 1.165) is 12.1 Å². The summed E-state index contributed by atoms with van der Waals surface area (Å²) >= 11 is 5.70. The number of halogens is 2. The summed E-state index contributed by atoms with van der Waals surface area (Å²) in [6.07, 6.45) is 1.68. The van der Waals surface area contributed by atoms with E-state index in [2.05, 4.69) is 30.6 Å². The van der Waals surface area contributed by atoms with Gasteiger partial charge in [0.15, 0.2) is 11.5 Å². The fourth-order valence-corrected chi connectivity index (χ4v) is 2.28. The number of likely N-dealkylation sites (N-methyl/N-ethyl adjacent to an activating group) is 1. The molecule has 11 nitrogen and oxygen atoms in total. The average molecular weight is 424 g/mol. The van der Waals surface area contributed by atoms with Gasteiger partial charge in [0.05, 0.1) is 17.3 Å². The quantitative estimate of drug-likeness (QED) is 0.222. The van der Waals surface area contributed by atoms with E-state index in [1.54, 1.807) is 6.19 Å². The third-order valence-electron chi connectivity index (χ3n) is 3.58. The lowest BCUT2D eigenvalue weighted by Crippen LogP contribution is -2.40. The summed E-state index contributed by atoms with van der Waals surface area (Å²) in [4.78, 5) is 5.59. The smallest absolute Gasteiger partial charge is 0.209 e. The van der Waals surface area contributed by atoms with Gasteiger partial charge in [0, 0.05) is 13.1 Å². The number of anilines is 1. The largest absolute Gasteiger partial charge is 0.354 e. The molecular weight excluding hydrogens is 405 g/mol. The summed E-state index contributed by atoms with van der Waals surface area (Å²) in [6.45, 7) is 1.26. The van der Waals surface area contributed by atoms with Crippen LogP contribution < -0.4 is 15.7 Å². The number of aromatic nitrogens is 2. The first-order chi connectivity index (χ1) is 13.8. The number of amidine groups is 1. The van der Waals surface area contributed by atoms with Gasteiger partial charge >= 0.3 is 0 Å². The third-order valence-corrected chi connectivity index (χ3v) is 3.87. The van der Waals surface area contributed by atoms with E-state index in [0.29, 0.717) is 18.2 Å². The molecule has 154 valence electrons. The zero-order valence-electron chi connectivity index (χ0n) is 15.6. The normalized spacial score (nSPS) is 11.3. The second-order valence-electron chi connectivity index (χ2n) is 5.96. The van der Waals surface area contributed by atoms with Gasteiger partial charge < -0.3 is 15.5 Å². The fraction of sp³-hybridized carbons (Fsp3) is 0.312. The molecule has 0 aliphatic rings. The van der Waals surface area contributed by atoms with Crippen LogP contribution in [0, 0.1) is 22.7 Å². The van der Waals surface area contributed by atoms with Gasteiger partial charge in [-0.2, -0.15) is 5.26 Å². The average Bonchev–Trinajstić information content (AvgIpc) is 3.15. The van der Waals surface area contributed by atoms with Crippen LogP contribution in [-0.4, -0.2) is 59.4 Å². The summed E-state index contributed by atoms with van der Waals surface area (Å²) in [5.74, 6) is -0.916. The number of hydrogen-bond acceptors (Lipinski definition) is 8. The van der Waals surface area contributed by atoms with E-state index in [1.165, 1.54) is 6.07 Å². The number of hydrogen-bond donors (Lipinski definition) is 4. The van der Waals surface area contributed by atoms with Gasteiger partial charge in [0.1, 0.15) is 11.5 Å². The van der Waals surface area contributed by atoms with Crippen LogP contribution in [-0.2, 0) is 6.54 Å². The van der Waals surface area contributed by atoms with E-state index in [-0.39, 0.29) is 34.6 Å². The van der Waals surface area contributed by atoms with Gasteiger partial charge in [-0.05, 0) is 37.5 Å². The number of nitrogens with one attached hydrogen (secondary N) is 3. The van der Waals surface area contributed by atoms with Crippen molar-refractivity contribution in [2.24, 2.45) is 4.99 Å². The zero-order chi connectivity index (χ0) is 21.4. The van der Waals surface area contributed by atoms with Crippen molar-refractivity contribution in [1.29, 1.82) is 10.7 Å². The molecule has 0 radical (unpaired) electrons. The second kappa shape index (κ2) is 10.3. The summed E-state index contributed by atoms with van der Waals surface area (Å²) in [5, 5.41) is 40.6. The first-order valence-corrected chi connectivity index (χ1v) is 8.65. The molecule has 0 saturated heterocycles. The molecule has 0 fully saturated rings. The van der Waals surface area contributed by atoms with Crippen LogP contribution in [0.5, 0.6) is 0 Å². The molecule has 1 aromatic carbocycles. The predicted octanol–water partition coefficient (Wildman–Crippen LogP) is 1.16. The Morgan fingerprint density at radius 1 is 1.41 bits per heavy atom. The van der Waals surface area contributed by atoms with Crippen molar-refractivity contribution in [3.8, 4) is 6.19 Å². The highest BCUT2D eigenvalue weighted by atomic mass is 35.5. The summed E-state index contributed by atoms with van der Waals surface area (Å²) in [7, 11) is 3.81. The molecule has 0 unspecified atom stereocenters. The second-order valence-corrected chi connectivity index (χ2v) is 6.37. The Hall–Kier alpha value is -3.27. The molecule has 4 N–H and O–H groups in total. The first-order valence-electron chi connectivity index (χ1n) is 8.27. The molecule has 0 amide bonds. The van der Waals surface area contributed by atoms with E-state index in [4.69, 9.17) is 22.3 Å². The van der Waals surface area contributed by atoms with Gasteiger partial charge in [-0.25, -0.2) is 14.1 Å². The zero-order valence-corrected chi connectivity index (χ0v) is 16.4. The molecule has 0 spiro atoms. The number of nitriles is 1. The molecule has 29 heavy (non-hydrogen) atoms. The van der Waals surface area contributed by atoms with Crippen LogP contribution in [0.25, 0.3) is 0 Å². The van der Waals surface area contributed by atoms with Gasteiger partial charge in [0.25, 0.3) is 0 Å². The fourth-order valence-electron chi connectivity index (χ4n) is 2.11. The van der Waals surface area contributed by atoms with E-state index in [9.17, 15) is 9.60 Å². The number of benzene rings is 1. The number of aliphatic imine (C=N–C) groups is 1. The van der Waals surface area contributed by atoms with E-state index < -0.39 is 11.7 Å². The van der Waals surface area contributed by atoms with Crippen molar-refractivity contribution in [3.05, 3.63) is 40.4 Å². The minimum atomic E-state index is -0.658. The monoisotopic (exact) mass is 423 g/mol. The Kier molecular flexibility index (Phi) is 7.84. The standard InChI is InChI=1S/C16H19ClFN9O2/c1-26(2)6-5-21-16(23-9-19)22-8-13-14(25-29-24-13)15(20)27(28)10-3-4-12(18)11(17)7-10/h3-4,7,20,28H,5-6,8H2,1-2H3,(H2,21,22,23). The number of rotatable bonds is 7. The van der Waals surface area contributed by atoms with Crippen molar-refractivity contribution in [3.63, 3.8) is 0 Å². The topological polar surface area (TPSA) is 150 Å². The van der Waals surface area contributed by atoms with Crippen molar-refractivity contribution in [1.82, 2.24) is 25.8 Å². The summed E-state index contributed by atoms with van der Waals surface area (Å²) < 4.78 is 18.0. The molecule has 0 aliphatic heterocycles. The highest BCUT2D eigenvalue weighted by Crippen LogP contribution is 2.23. The minimum Gasteiger partial charge on any atom is -0.354 e. The molecule has 1 heterocycles. The molecule has 0 atom stereocenters. The maximum atomic E-state index is 13.3. The molecule has 13 heteroatoms. The molecule has 0 bridgehead atoms. The predicted molar refractivity (Wildman–Crippen MR) is 103 cm³/mol. The van der Waals surface area contributed by atoms with Crippen LogP contribution in [0.2, 0.25) is 5.02 Å². The lowest BCUT2D eigenvalue weighted by atomic mass is 10.2. The van der Waals surface area contributed by atoms with Crippen LogP contribution in [0.3, 0.4) is 0 Å². The van der Waals surface area contributed by atoms with Crippen LogP contribution in [0.15, 0.2) is 27.8 Å². The van der Waals surface area contributed by atoms with Gasteiger partial charge in [0.2, 0.25) is 12.2 Å². The van der Waals surface area contributed by atoms with Crippen LogP contribution in [0.1, 0.15) is 11.4 Å². The first kappa shape index (κ1) is 22.0. The Balaban J connectivity index is 2.07. The van der Waals surface area contributed by atoms with Crippen molar-refractivity contribution >= 4 is 29.1 Å². The Morgan fingerprint density at radius 3 is 2.83 bits per heavy atom. The molecular formula is C16H19ClFN9O2. The molecule has 2 rings (SSSR count). The highest BCUT2D eigenvalue weighted by molar-refractivity contribution is 6.31. The maximum Gasteiger partial charge on any atom is 0.209 e. The van der Waals surface area contributed by atoms with Crippen LogP contribution >= 0.6 is 11.6 Å². The SMILES string of the molecule is CN(C)CCN/C(=N\C#N)NCc1nonc1C(=N)N(O)c1ccc(F)c(Cl)c1. The van der Waals surface area contributed by atoms with Crippen LogP contribution in [0.4, 0.5) is 10.1 Å². The summed E-state index contributed by atoms with van der Waals surface area (Å²) in [5.41, 5.74) is 0.174. The number of nitrogens with zero attached hydrogens (tertiary/aromatic N) is 6. The lowest BCUT2D eigenvalue weighted by Gasteiger charge is -2.17. The van der Waals surface area contributed by atoms with Gasteiger partial charge in [-0.1, -0.05) is 16.8 Å². The molecule has 2 aromatic rings. The number of hydroxylamine groups is 1.